The summed E-state index contributed by atoms with van der Waals surface area (Å²) in [4.78, 5) is 17.8. The molecule has 7 heteroatoms. The maximum absolute atomic E-state index is 13.0. The number of phenolic OH excluding ortho intramolecular Hbond substituents is 1. The Morgan fingerprint density at radius 1 is 1.13 bits per heavy atom. The number of unbranched alkanes of at least 4 members (excludes halogenated alkanes) is 1. The van der Waals surface area contributed by atoms with Crippen molar-refractivity contribution in [3.05, 3.63) is 47.1 Å². The third-order valence-corrected chi connectivity index (χ3v) is 10.5. The molecule has 1 aromatic carbocycles. The van der Waals surface area contributed by atoms with Crippen molar-refractivity contribution in [3.63, 3.8) is 0 Å². The molecule has 0 aromatic heterocycles. The number of fused-ring (bicyclic) bond motifs is 5. The van der Waals surface area contributed by atoms with Crippen molar-refractivity contribution < 1.29 is 19.4 Å². The molecule has 0 aliphatic heterocycles. The van der Waals surface area contributed by atoms with E-state index in [4.69, 9.17) is 25.9 Å². The minimum Gasteiger partial charge on any atom is -0.504 e. The number of hydrogen-bond donors (Lipinski definition) is 3. The predicted octanol–water partition coefficient (Wildman–Crippen LogP) is 6.70. The summed E-state index contributed by atoms with van der Waals surface area (Å²) in [5, 5.41) is 12.3. The fourth-order valence-corrected chi connectivity index (χ4v) is 7.89. The van der Waals surface area contributed by atoms with Crippen molar-refractivity contribution in [2.75, 3.05) is 7.11 Å². The number of phenols is 1. The first-order valence-electron chi connectivity index (χ1n) is 17.8. The Morgan fingerprint density at radius 3 is 2.66 bits per heavy atom. The van der Waals surface area contributed by atoms with E-state index < -0.39 is 0 Å². The zero-order valence-corrected chi connectivity index (χ0v) is 28.5. The Labute approximate surface area is 281 Å². The van der Waals surface area contributed by atoms with Crippen molar-refractivity contribution in [1.82, 2.24) is 0 Å². The Hall–Kier alpha value is -3.68. The third kappa shape index (κ3) is 8.62. The first kappa shape index (κ1) is 34.6. The minimum atomic E-state index is -0.272. The molecule has 6 rings (SSSR count). The molecule has 7 nitrogen and oxygen atoms in total. The van der Waals surface area contributed by atoms with Gasteiger partial charge in [-0.05, 0) is 93.2 Å². The second kappa shape index (κ2) is 16.4. The number of ether oxygens (including phenoxy) is 2. The normalized spacial score (nSPS) is 28.7. The van der Waals surface area contributed by atoms with Gasteiger partial charge in [-0.15, -0.1) is 11.8 Å². The molecule has 252 valence electrons. The van der Waals surface area contributed by atoms with E-state index in [1.165, 1.54) is 0 Å². The molecule has 0 amide bonds. The smallest absolute Gasteiger partial charge is 0.186 e. The largest absolute Gasteiger partial charge is 0.504 e. The molecule has 1 saturated carbocycles. The van der Waals surface area contributed by atoms with Crippen LogP contribution >= 0.6 is 0 Å². The topological polar surface area (TPSA) is 120 Å². The Morgan fingerprint density at radius 2 is 1.91 bits per heavy atom. The minimum absolute atomic E-state index is 0.0314. The van der Waals surface area contributed by atoms with Crippen LogP contribution in [0.1, 0.15) is 114 Å². The highest BCUT2D eigenvalue weighted by Gasteiger charge is 2.41. The number of hydrogen-bond acceptors (Lipinski definition) is 5. The van der Waals surface area contributed by atoms with Crippen molar-refractivity contribution in [2.24, 2.45) is 40.1 Å². The van der Waals surface area contributed by atoms with Crippen molar-refractivity contribution in [1.29, 1.82) is 0 Å². The zero-order chi connectivity index (χ0) is 33.3. The summed E-state index contributed by atoms with van der Waals surface area (Å²) in [6, 6.07) is 1.68. The fourth-order valence-electron chi connectivity index (χ4n) is 7.89. The number of aliphatic imine (C=N–C) groups is 1. The van der Waals surface area contributed by atoms with Crippen LogP contribution in [-0.2, 0) is 16.0 Å². The van der Waals surface area contributed by atoms with Crippen molar-refractivity contribution >= 4 is 11.7 Å². The van der Waals surface area contributed by atoms with E-state index in [-0.39, 0.29) is 59.4 Å². The highest BCUT2D eigenvalue weighted by Crippen LogP contribution is 2.50. The molecule has 4 bridgehead atoms. The number of aryl methyl sites for hydroxylation is 1. The van der Waals surface area contributed by atoms with Crippen LogP contribution in [0.2, 0.25) is 0 Å². The summed E-state index contributed by atoms with van der Waals surface area (Å²) in [6.45, 7) is 4.35. The number of allylic oxidation sites excluding steroid dienone is 2. The number of carbonyl (C=O) groups excluding carboxylic acids is 1. The van der Waals surface area contributed by atoms with Gasteiger partial charge in [0.1, 0.15) is 0 Å². The van der Waals surface area contributed by atoms with Crippen LogP contribution in [0.3, 0.4) is 0 Å². The van der Waals surface area contributed by atoms with Crippen LogP contribution in [0.4, 0.5) is 0 Å². The van der Waals surface area contributed by atoms with Gasteiger partial charge >= 0.3 is 0 Å². The number of nitrogens with zero attached hydrogens (tertiary/aromatic N) is 1. The highest BCUT2D eigenvalue weighted by atomic mass is 16.5. The van der Waals surface area contributed by atoms with Gasteiger partial charge in [-0.1, -0.05) is 50.3 Å². The van der Waals surface area contributed by atoms with E-state index in [9.17, 15) is 9.90 Å². The molecule has 47 heavy (non-hydrogen) atoms. The predicted molar refractivity (Wildman–Crippen MR) is 188 cm³/mol. The average molecular weight is 640 g/mol. The standard InChI is InChI=1S/C40H53N3O4/c1-4-5-6-13-30(44)20-17-28-25-36(47-31-14-9-10-15-31)39(45)37-32(28)22-18-27-12-8-7-11-26(2)16-21-33(37)34-24-29(19-23-35(34)46-3)38(27)43-40(41)42/h6,13,19,23,25-27,29,31,33-35,38,45H,4-5,9-12,14-17,20-21,24H2,1-3H3,(H4,41,42,43)/t26-,27-,29-,33-,34-,35-,38-/m0/s1. The van der Waals surface area contributed by atoms with Gasteiger partial charge in [0.05, 0.1) is 24.2 Å². The van der Waals surface area contributed by atoms with Crippen molar-refractivity contribution in [2.45, 2.75) is 121 Å². The molecule has 0 radical (unpaired) electrons. The fraction of sp³-hybridized carbons (Fsp3) is 0.600. The molecule has 5 aliphatic carbocycles. The van der Waals surface area contributed by atoms with Gasteiger partial charge in [0.2, 0.25) is 0 Å². The van der Waals surface area contributed by atoms with Crippen LogP contribution < -0.4 is 16.2 Å². The second-order valence-corrected chi connectivity index (χ2v) is 14.0. The molecule has 0 unspecified atom stereocenters. The summed E-state index contributed by atoms with van der Waals surface area (Å²) < 4.78 is 12.7. The van der Waals surface area contributed by atoms with E-state index in [1.54, 1.807) is 13.2 Å². The van der Waals surface area contributed by atoms with Crippen LogP contribution in [-0.4, -0.2) is 42.2 Å². The number of aromatic hydroxyl groups is 1. The second-order valence-electron chi connectivity index (χ2n) is 14.0. The lowest BCUT2D eigenvalue weighted by Gasteiger charge is -2.40. The Bertz CT molecular complexity index is 1480. The van der Waals surface area contributed by atoms with E-state index in [0.717, 1.165) is 80.9 Å². The van der Waals surface area contributed by atoms with Crippen molar-refractivity contribution in [3.8, 4) is 35.2 Å². The lowest BCUT2D eigenvalue weighted by Crippen LogP contribution is -2.39. The van der Waals surface area contributed by atoms with Crippen LogP contribution in [0.25, 0.3) is 0 Å². The Balaban J connectivity index is 1.74. The number of benzene rings is 1. The number of methoxy groups -OCH3 is 1. The number of guanidine groups is 1. The average Bonchev–Trinajstić information content (AvgIpc) is 3.57. The monoisotopic (exact) mass is 639 g/mol. The number of nitrogens with two attached hydrogens (primary N) is 2. The lowest BCUT2D eigenvalue weighted by molar-refractivity contribution is -0.114. The summed E-state index contributed by atoms with van der Waals surface area (Å²) in [6.07, 6.45) is 18.7. The zero-order valence-electron chi connectivity index (χ0n) is 28.5. The number of ketones is 1. The number of carbonyl (C=O) groups is 1. The molecular formula is C40H53N3O4. The summed E-state index contributed by atoms with van der Waals surface area (Å²) in [7, 11) is 1.76. The van der Waals surface area contributed by atoms with E-state index >= 15 is 0 Å². The van der Waals surface area contributed by atoms with Gasteiger partial charge in [-0.3, -0.25) is 4.79 Å². The molecule has 7 atom stereocenters. The van der Waals surface area contributed by atoms with Crippen LogP contribution in [0, 0.1) is 47.4 Å². The third-order valence-electron chi connectivity index (χ3n) is 10.5. The first-order valence-corrected chi connectivity index (χ1v) is 17.8. The maximum atomic E-state index is 13.0. The highest BCUT2D eigenvalue weighted by molar-refractivity contribution is 5.89. The number of rotatable bonds is 10. The van der Waals surface area contributed by atoms with Gasteiger partial charge in [0, 0.05) is 43.4 Å². The Kier molecular flexibility index (Phi) is 12.1. The molecule has 0 saturated heterocycles. The lowest BCUT2D eigenvalue weighted by atomic mass is 9.67. The molecule has 0 spiro atoms. The summed E-state index contributed by atoms with van der Waals surface area (Å²) >= 11 is 0. The van der Waals surface area contributed by atoms with Gasteiger partial charge < -0.3 is 26.0 Å². The maximum Gasteiger partial charge on any atom is 0.186 e. The molecule has 5 aliphatic rings. The van der Waals surface area contributed by atoms with E-state index in [0.29, 0.717) is 30.9 Å². The van der Waals surface area contributed by atoms with Crippen LogP contribution in [0.15, 0.2) is 35.4 Å². The summed E-state index contributed by atoms with van der Waals surface area (Å²) in [5.41, 5.74) is 14.6. The molecule has 5 N–H and O–H groups in total. The van der Waals surface area contributed by atoms with E-state index in [2.05, 4.69) is 49.7 Å². The molecule has 1 fully saturated rings. The molecular weight excluding hydrogens is 586 g/mol. The molecule has 1 aromatic rings. The molecule has 0 heterocycles. The SMILES string of the molecule is CCCC=CC(=O)CCc1cc(OC2CCCC2)c(O)c2c1C#C[C@@H]1CC#CC[C@H](C)CC[C@H]2[C@@H]2C[C@H](C=C[C@@H]2OC)[C@H]1N=C(N)N. The van der Waals surface area contributed by atoms with Gasteiger partial charge in [-0.2, -0.15) is 0 Å². The van der Waals surface area contributed by atoms with E-state index in [1.807, 2.05) is 12.1 Å². The van der Waals surface area contributed by atoms with Gasteiger partial charge in [0.25, 0.3) is 0 Å². The van der Waals surface area contributed by atoms with Gasteiger partial charge in [-0.25, -0.2) is 4.99 Å². The van der Waals surface area contributed by atoms with Gasteiger partial charge in [0.15, 0.2) is 23.2 Å². The quantitative estimate of drug-likeness (QED) is 0.0862. The first-order chi connectivity index (χ1) is 22.8. The summed E-state index contributed by atoms with van der Waals surface area (Å²) in [5.74, 6) is 14.9. The van der Waals surface area contributed by atoms with Crippen LogP contribution in [0.5, 0.6) is 11.5 Å².